The van der Waals surface area contributed by atoms with Crippen LogP contribution in [0.25, 0.3) is 0 Å². The van der Waals surface area contributed by atoms with Crippen molar-refractivity contribution in [1.29, 1.82) is 0 Å². The number of alkyl halides is 2. The van der Waals surface area contributed by atoms with E-state index in [4.69, 9.17) is 10.5 Å². The summed E-state index contributed by atoms with van der Waals surface area (Å²) in [7, 11) is 1.34. The summed E-state index contributed by atoms with van der Waals surface area (Å²) in [5, 5.41) is 0. The summed E-state index contributed by atoms with van der Waals surface area (Å²) < 4.78 is 31.5. The molecule has 0 amide bonds. The Labute approximate surface area is 71.1 Å². The van der Waals surface area contributed by atoms with E-state index in [2.05, 4.69) is 0 Å². The van der Waals surface area contributed by atoms with Gasteiger partial charge in [-0.25, -0.2) is 8.78 Å². The summed E-state index contributed by atoms with van der Waals surface area (Å²) in [6.45, 7) is -0.624. The van der Waals surface area contributed by atoms with Gasteiger partial charge in [-0.2, -0.15) is 0 Å². The van der Waals surface area contributed by atoms with Gasteiger partial charge in [0.1, 0.15) is 5.60 Å². The average Bonchev–Trinajstić information content (AvgIpc) is 2.53. The molecule has 0 aromatic heterocycles. The molecular formula is C8H15F2NO. The Hall–Kier alpha value is -0.220. The van der Waals surface area contributed by atoms with Crippen LogP contribution in [0.4, 0.5) is 8.78 Å². The van der Waals surface area contributed by atoms with Crippen molar-refractivity contribution in [1.82, 2.24) is 0 Å². The van der Waals surface area contributed by atoms with Crippen molar-refractivity contribution in [2.45, 2.75) is 37.2 Å². The summed E-state index contributed by atoms with van der Waals surface area (Å²) in [5.74, 6) is -2.88. The van der Waals surface area contributed by atoms with E-state index in [0.29, 0.717) is 12.8 Å². The third-order valence-corrected chi connectivity index (χ3v) is 2.72. The number of hydrogen-bond donors (Lipinski definition) is 1. The fraction of sp³-hybridized carbons (Fsp3) is 1.00. The Bertz CT molecular complexity index is 155. The van der Waals surface area contributed by atoms with Crippen LogP contribution in [0.2, 0.25) is 0 Å². The maximum Gasteiger partial charge on any atom is 0.288 e. The number of halogens is 2. The van der Waals surface area contributed by atoms with Crippen LogP contribution in [-0.4, -0.2) is 25.2 Å². The lowest BCUT2D eigenvalue weighted by atomic mass is 9.93. The summed E-state index contributed by atoms with van der Waals surface area (Å²) >= 11 is 0. The Morgan fingerprint density at radius 3 is 2.25 bits per heavy atom. The lowest BCUT2D eigenvalue weighted by Crippen LogP contribution is -2.52. The van der Waals surface area contributed by atoms with E-state index in [-0.39, 0.29) is 0 Å². The SMILES string of the molecule is COC1(C(F)(F)CN)CCCC1. The second kappa shape index (κ2) is 3.26. The van der Waals surface area contributed by atoms with Crippen molar-refractivity contribution in [3.8, 4) is 0 Å². The van der Waals surface area contributed by atoms with E-state index >= 15 is 0 Å². The van der Waals surface area contributed by atoms with Gasteiger partial charge in [0, 0.05) is 7.11 Å². The van der Waals surface area contributed by atoms with E-state index in [1.807, 2.05) is 0 Å². The highest BCUT2D eigenvalue weighted by Gasteiger charge is 2.54. The fourth-order valence-corrected chi connectivity index (χ4v) is 1.85. The molecule has 0 unspecified atom stereocenters. The van der Waals surface area contributed by atoms with Crippen LogP contribution in [0.3, 0.4) is 0 Å². The molecule has 0 saturated heterocycles. The Morgan fingerprint density at radius 1 is 1.42 bits per heavy atom. The Kier molecular flexibility index (Phi) is 2.68. The minimum atomic E-state index is -2.88. The molecule has 12 heavy (non-hydrogen) atoms. The van der Waals surface area contributed by atoms with Crippen LogP contribution >= 0.6 is 0 Å². The summed E-state index contributed by atoms with van der Waals surface area (Å²) in [6.07, 6.45) is 2.47. The van der Waals surface area contributed by atoms with Gasteiger partial charge in [-0.15, -0.1) is 0 Å². The third-order valence-electron chi connectivity index (χ3n) is 2.72. The molecular weight excluding hydrogens is 164 g/mol. The van der Waals surface area contributed by atoms with Crippen molar-refractivity contribution < 1.29 is 13.5 Å². The third kappa shape index (κ3) is 1.33. The first-order valence-electron chi connectivity index (χ1n) is 4.21. The number of hydrogen-bond acceptors (Lipinski definition) is 2. The molecule has 0 aliphatic heterocycles. The molecule has 0 spiro atoms. The molecule has 1 rings (SSSR count). The zero-order valence-corrected chi connectivity index (χ0v) is 7.28. The van der Waals surface area contributed by atoms with Crippen LogP contribution in [0, 0.1) is 0 Å². The highest BCUT2D eigenvalue weighted by molar-refractivity contribution is 4.98. The molecule has 2 N–H and O–H groups in total. The minimum absolute atomic E-state index is 0.424. The smallest absolute Gasteiger partial charge is 0.288 e. The van der Waals surface area contributed by atoms with E-state index in [1.54, 1.807) is 0 Å². The van der Waals surface area contributed by atoms with Crippen LogP contribution in [0.5, 0.6) is 0 Å². The molecule has 0 aromatic carbocycles. The standard InChI is InChI=1S/C8H15F2NO/c1-12-7(4-2-3-5-7)8(9,10)6-11/h2-6,11H2,1H3. The van der Waals surface area contributed by atoms with E-state index < -0.39 is 18.1 Å². The van der Waals surface area contributed by atoms with E-state index in [9.17, 15) is 8.78 Å². The summed E-state index contributed by atoms with van der Waals surface area (Å²) in [4.78, 5) is 0. The normalized spacial score (nSPS) is 23.0. The highest BCUT2D eigenvalue weighted by atomic mass is 19.3. The molecule has 1 aliphatic carbocycles. The topological polar surface area (TPSA) is 35.2 Å². The maximum atomic E-state index is 13.3. The van der Waals surface area contributed by atoms with Crippen molar-refractivity contribution in [3.05, 3.63) is 0 Å². The molecule has 0 heterocycles. The van der Waals surface area contributed by atoms with Gasteiger partial charge in [0.25, 0.3) is 5.92 Å². The van der Waals surface area contributed by atoms with Gasteiger partial charge in [-0.1, -0.05) is 12.8 Å². The zero-order valence-electron chi connectivity index (χ0n) is 7.28. The Balaban J connectivity index is 2.78. The van der Waals surface area contributed by atoms with Gasteiger partial charge in [0.2, 0.25) is 0 Å². The van der Waals surface area contributed by atoms with Crippen molar-refractivity contribution in [3.63, 3.8) is 0 Å². The lowest BCUT2D eigenvalue weighted by molar-refractivity contribution is -0.187. The van der Waals surface area contributed by atoms with Gasteiger partial charge >= 0.3 is 0 Å². The molecule has 1 saturated carbocycles. The first-order valence-corrected chi connectivity index (χ1v) is 4.21. The van der Waals surface area contributed by atoms with Gasteiger partial charge in [-0.3, -0.25) is 0 Å². The largest absolute Gasteiger partial charge is 0.372 e. The first-order chi connectivity index (χ1) is 5.58. The van der Waals surface area contributed by atoms with Crippen LogP contribution in [-0.2, 0) is 4.74 Å². The number of methoxy groups -OCH3 is 1. The zero-order chi connectivity index (χ0) is 9.24. The average molecular weight is 179 g/mol. The summed E-state index contributed by atoms with van der Waals surface area (Å²) in [5.41, 5.74) is 3.74. The number of rotatable bonds is 3. The van der Waals surface area contributed by atoms with Crippen LogP contribution in [0.15, 0.2) is 0 Å². The molecule has 0 bridgehead atoms. The maximum absolute atomic E-state index is 13.3. The molecule has 4 heteroatoms. The number of nitrogens with two attached hydrogens (primary N) is 1. The monoisotopic (exact) mass is 179 g/mol. The highest BCUT2D eigenvalue weighted by Crippen LogP contribution is 2.43. The lowest BCUT2D eigenvalue weighted by Gasteiger charge is -2.35. The Morgan fingerprint density at radius 2 is 1.92 bits per heavy atom. The van der Waals surface area contributed by atoms with Crippen molar-refractivity contribution in [2.24, 2.45) is 5.73 Å². The molecule has 72 valence electrons. The van der Waals surface area contributed by atoms with Crippen molar-refractivity contribution >= 4 is 0 Å². The fourth-order valence-electron chi connectivity index (χ4n) is 1.85. The second-order valence-corrected chi connectivity index (χ2v) is 3.31. The molecule has 0 atom stereocenters. The van der Waals surface area contributed by atoms with Crippen LogP contribution < -0.4 is 5.73 Å². The van der Waals surface area contributed by atoms with Gasteiger partial charge in [0.15, 0.2) is 0 Å². The van der Waals surface area contributed by atoms with Gasteiger partial charge in [-0.05, 0) is 12.8 Å². The predicted octanol–water partition coefficient (Wildman–Crippen LogP) is 1.54. The number of ether oxygens (including phenoxy) is 1. The van der Waals surface area contributed by atoms with Crippen molar-refractivity contribution in [2.75, 3.05) is 13.7 Å². The van der Waals surface area contributed by atoms with Gasteiger partial charge < -0.3 is 10.5 Å². The summed E-state index contributed by atoms with van der Waals surface area (Å²) in [6, 6.07) is 0. The molecule has 1 aliphatic rings. The van der Waals surface area contributed by atoms with Gasteiger partial charge in [0.05, 0.1) is 6.54 Å². The van der Waals surface area contributed by atoms with Crippen LogP contribution in [0.1, 0.15) is 25.7 Å². The molecule has 2 nitrogen and oxygen atoms in total. The molecule has 0 radical (unpaired) electrons. The second-order valence-electron chi connectivity index (χ2n) is 3.31. The first kappa shape index (κ1) is 9.86. The predicted molar refractivity (Wildman–Crippen MR) is 42.2 cm³/mol. The van der Waals surface area contributed by atoms with E-state index in [0.717, 1.165) is 12.8 Å². The molecule has 0 aromatic rings. The molecule has 1 fully saturated rings. The quantitative estimate of drug-likeness (QED) is 0.713. The van der Waals surface area contributed by atoms with E-state index in [1.165, 1.54) is 7.11 Å². The minimum Gasteiger partial charge on any atom is -0.372 e.